The predicted octanol–water partition coefficient (Wildman–Crippen LogP) is 6.19. The smallest absolute Gasteiger partial charge is 0.240 e. The number of rotatable bonds is 5. The Hall–Kier alpha value is -2.50. The summed E-state index contributed by atoms with van der Waals surface area (Å²) in [5, 5.41) is 15.7. The fourth-order valence-electron chi connectivity index (χ4n) is 5.43. The van der Waals surface area contributed by atoms with E-state index < -0.39 is 0 Å². The standard InChI is InChI=1S/C28H38IN8O2P/c1-9-16(3)36-24-15-34(7)14-17(4)39-28-25(18(5)31-35(28)8)23-13-21-22(12-11-20(24)27(33-36)38-10-2)32-37(40-29)26(21)19(6)30-23/h11-13,16-17,40H,9-10,14-15H2,1-8H3/b12-11+. The van der Waals surface area contributed by atoms with Gasteiger partial charge in [0.1, 0.15) is 6.10 Å². The third-order valence-electron chi connectivity index (χ3n) is 7.38. The first-order valence-corrected chi connectivity index (χ1v) is 17.8. The van der Waals surface area contributed by atoms with E-state index in [0.717, 1.165) is 69.3 Å². The van der Waals surface area contributed by atoms with Gasteiger partial charge in [-0.2, -0.15) is 10.2 Å². The van der Waals surface area contributed by atoms with Crippen LogP contribution < -0.4 is 9.47 Å². The molecule has 1 aliphatic rings. The molecule has 0 amide bonds. The van der Waals surface area contributed by atoms with Crippen molar-refractivity contribution in [3.8, 4) is 23.0 Å². The molecule has 0 fully saturated rings. The van der Waals surface area contributed by atoms with Gasteiger partial charge in [-0.15, -0.1) is 5.10 Å². The predicted molar refractivity (Wildman–Crippen MR) is 171 cm³/mol. The number of hydrogen-bond donors (Lipinski definition) is 0. The molecule has 3 unspecified atom stereocenters. The molecule has 0 aliphatic carbocycles. The summed E-state index contributed by atoms with van der Waals surface area (Å²) in [7, 11) is 4.05. The molecule has 214 valence electrons. The lowest BCUT2D eigenvalue weighted by Crippen LogP contribution is -2.32. The van der Waals surface area contributed by atoms with Gasteiger partial charge in [-0.3, -0.25) is 14.6 Å². The Morgan fingerprint density at radius 1 is 1.15 bits per heavy atom. The van der Waals surface area contributed by atoms with Crippen LogP contribution in [0, 0.1) is 13.8 Å². The van der Waals surface area contributed by atoms with Crippen LogP contribution in [0.2, 0.25) is 0 Å². The third kappa shape index (κ3) is 5.27. The lowest BCUT2D eigenvalue weighted by molar-refractivity contribution is 0.146. The highest BCUT2D eigenvalue weighted by molar-refractivity contribution is 14.2. The number of aromatic nitrogens is 7. The van der Waals surface area contributed by atoms with Crippen LogP contribution in [0.5, 0.6) is 11.8 Å². The first kappa shape index (κ1) is 29.0. The first-order valence-electron chi connectivity index (χ1n) is 13.7. The summed E-state index contributed by atoms with van der Waals surface area (Å²) in [5.74, 6) is 1.38. The van der Waals surface area contributed by atoms with E-state index in [1.54, 1.807) is 0 Å². The van der Waals surface area contributed by atoms with Crippen LogP contribution in [0.25, 0.3) is 34.3 Å². The summed E-state index contributed by atoms with van der Waals surface area (Å²) in [5.41, 5.74) is 7.61. The number of ether oxygens (including phenoxy) is 2. The van der Waals surface area contributed by atoms with Crippen molar-refractivity contribution in [2.75, 3.05) is 20.2 Å². The molecule has 40 heavy (non-hydrogen) atoms. The highest BCUT2D eigenvalue weighted by Crippen LogP contribution is 2.39. The summed E-state index contributed by atoms with van der Waals surface area (Å²) in [6, 6.07) is 2.36. The number of nitrogens with zero attached hydrogens (tertiary/aromatic N) is 8. The molecule has 5 heterocycles. The Balaban J connectivity index is 1.79. The second-order valence-electron chi connectivity index (χ2n) is 10.5. The normalized spacial score (nSPS) is 18.0. The van der Waals surface area contributed by atoms with Crippen LogP contribution in [0.15, 0.2) is 6.07 Å². The Labute approximate surface area is 250 Å². The van der Waals surface area contributed by atoms with Crippen molar-refractivity contribution in [1.82, 2.24) is 39.0 Å². The van der Waals surface area contributed by atoms with Crippen LogP contribution in [0.4, 0.5) is 0 Å². The number of likely N-dealkylation sites (N-methyl/N-ethyl adjacent to an activating group) is 1. The van der Waals surface area contributed by atoms with Crippen molar-refractivity contribution in [3.63, 3.8) is 0 Å². The zero-order valence-corrected chi connectivity index (χ0v) is 27.6. The fourth-order valence-corrected chi connectivity index (χ4v) is 6.99. The highest BCUT2D eigenvalue weighted by Gasteiger charge is 2.26. The summed E-state index contributed by atoms with van der Waals surface area (Å²) >= 11 is 2.38. The minimum atomic E-state index is -0.0858. The molecule has 0 spiro atoms. The van der Waals surface area contributed by atoms with Gasteiger partial charge >= 0.3 is 0 Å². The van der Waals surface area contributed by atoms with E-state index in [2.05, 4.69) is 77.7 Å². The molecule has 5 rings (SSSR count). The van der Waals surface area contributed by atoms with Gasteiger partial charge < -0.3 is 9.47 Å². The summed E-state index contributed by atoms with van der Waals surface area (Å²) < 4.78 is 18.7. The number of fused-ring (bicyclic) bond motifs is 4. The minimum Gasteiger partial charge on any atom is -0.476 e. The summed E-state index contributed by atoms with van der Waals surface area (Å²) in [6.07, 6.45) is 5.55. The molecular weight excluding hydrogens is 638 g/mol. The Morgan fingerprint density at radius 3 is 2.62 bits per heavy atom. The van der Waals surface area contributed by atoms with Gasteiger partial charge in [0.05, 0.1) is 58.1 Å². The zero-order chi connectivity index (χ0) is 28.7. The molecule has 2 bridgehead atoms. The fraction of sp³-hybridized carbons (Fsp3) is 0.500. The van der Waals surface area contributed by atoms with Crippen LogP contribution in [-0.2, 0) is 13.6 Å². The number of aryl methyl sites for hydroxylation is 3. The largest absolute Gasteiger partial charge is 0.476 e. The molecule has 0 radical (unpaired) electrons. The SMILES string of the molecule is CCOc1nn(C(C)CC)c2c1/C=C/c1nn(PI)c3c(C)nc(cc13)-c1c(C)nn(C)c1OC(C)CN(C)C2. The molecular formula is C28H38IN8O2P. The molecule has 3 atom stereocenters. The lowest BCUT2D eigenvalue weighted by Gasteiger charge is -2.24. The third-order valence-corrected chi connectivity index (χ3v) is 9.24. The van der Waals surface area contributed by atoms with E-state index >= 15 is 0 Å². The van der Waals surface area contributed by atoms with E-state index in [9.17, 15) is 0 Å². The molecule has 4 aromatic heterocycles. The second-order valence-corrected chi connectivity index (χ2v) is 12.6. The maximum atomic E-state index is 6.59. The van der Waals surface area contributed by atoms with Crippen molar-refractivity contribution in [1.29, 1.82) is 0 Å². The van der Waals surface area contributed by atoms with E-state index in [1.165, 1.54) is 0 Å². The summed E-state index contributed by atoms with van der Waals surface area (Å²) in [4.78, 5) is 7.32. The minimum absolute atomic E-state index is 0.0858. The molecule has 0 aromatic carbocycles. The van der Waals surface area contributed by atoms with Crippen molar-refractivity contribution in [3.05, 3.63) is 34.4 Å². The number of halogens is 1. The molecule has 4 aromatic rings. The number of pyridine rings is 1. The van der Waals surface area contributed by atoms with Gasteiger partial charge in [-0.1, -0.05) is 6.92 Å². The Morgan fingerprint density at radius 2 is 1.93 bits per heavy atom. The quantitative estimate of drug-likeness (QED) is 0.184. The van der Waals surface area contributed by atoms with Gasteiger partial charge in [0.15, 0.2) is 0 Å². The monoisotopic (exact) mass is 676 g/mol. The Kier molecular flexibility index (Phi) is 8.54. The molecule has 0 saturated heterocycles. The van der Waals surface area contributed by atoms with E-state index in [-0.39, 0.29) is 12.1 Å². The van der Waals surface area contributed by atoms with Crippen LogP contribution in [0.3, 0.4) is 0 Å². The van der Waals surface area contributed by atoms with Gasteiger partial charge in [-0.25, -0.2) is 9.13 Å². The van der Waals surface area contributed by atoms with E-state index in [4.69, 9.17) is 29.8 Å². The van der Waals surface area contributed by atoms with E-state index in [0.29, 0.717) is 25.4 Å². The maximum Gasteiger partial charge on any atom is 0.240 e. The molecule has 1 aliphatic heterocycles. The average Bonchev–Trinajstić information content (AvgIpc) is 3.52. The van der Waals surface area contributed by atoms with Crippen LogP contribution in [-0.4, -0.2) is 65.3 Å². The van der Waals surface area contributed by atoms with E-state index in [1.807, 2.05) is 37.0 Å². The molecule has 0 N–H and O–H groups in total. The first-order chi connectivity index (χ1) is 19.2. The molecule has 12 heteroatoms. The topological polar surface area (TPSA) is 88.1 Å². The lowest BCUT2D eigenvalue weighted by atomic mass is 10.1. The highest BCUT2D eigenvalue weighted by atomic mass is 127. The molecule has 10 nitrogen and oxygen atoms in total. The van der Waals surface area contributed by atoms with Gasteiger partial charge in [-0.05, 0) is 88.3 Å². The average molecular weight is 677 g/mol. The van der Waals surface area contributed by atoms with Crippen molar-refractivity contribution < 1.29 is 9.47 Å². The zero-order valence-electron chi connectivity index (χ0n) is 24.5. The number of hydrogen-bond acceptors (Lipinski definition) is 7. The van der Waals surface area contributed by atoms with Gasteiger partial charge in [0.25, 0.3) is 0 Å². The van der Waals surface area contributed by atoms with Crippen molar-refractivity contribution >= 4 is 51.5 Å². The van der Waals surface area contributed by atoms with Gasteiger partial charge in [0.2, 0.25) is 11.8 Å². The summed E-state index contributed by atoms with van der Waals surface area (Å²) in [6.45, 7) is 14.5. The van der Waals surface area contributed by atoms with Crippen molar-refractivity contribution in [2.24, 2.45) is 7.05 Å². The van der Waals surface area contributed by atoms with Crippen LogP contribution >= 0.6 is 28.4 Å². The molecule has 0 saturated carbocycles. The van der Waals surface area contributed by atoms with Crippen LogP contribution in [0.1, 0.15) is 68.5 Å². The maximum absolute atomic E-state index is 6.59. The Bertz CT molecular complexity index is 1570. The second kappa shape index (κ2) is 11.8. The van der Waals surface area contributed by atoms with Gasteiger partial charge in [0, 0.05) is 31.6 Å². The van der Waals surface area contributed by atoms with Crippen molar-refractivity contribution in [2.45, 2.75) is 66.7 Å².